The summed E-state index contributed by atoms with van der Waals surface area (Å²) in [5.74, 6) is 0. The number of aliphatic hydroxyl groups is 1. The Morgan fingerprint density at radius 2 is 2.06 bits per heavy atom. The van der Waals surface area contributed by atoms with Gasteiger partial charge in [-0.1, -0.05) is 29.8 Å². The van der Waals surface area contributed by atoms with Gasteiger partial charge >= 0.3 is 0 Å². The second-order valence-electron chi connectivity index (χ2n) is 3.89. The Kier molecular flexibility index (Phi) is 3.32. The molecule has 82 valence electrons. The van der Waals surface area contributed by atoms with Crippen LogP contribution < -0.4 is 0 Å². The minimum Gasteiger partial charge on any atom is -0.396 e. The van der Waals surface area contributed by atoms with E-state index in [1.165, 1.54) is 5.56 Å². The van der Waals surface area contributed by atoms with Crippen LogP contribution in [-0.2, 0) is 6.42 Å². The van der Waals surface area contributed by atoms with Crippen molar-refractivity contribution in [2.24, 2.45) is 0 Å². The first-order valence-corrected chi connectivity index (χ1v) is 5.42. The summed E-state index contributed by atoms with van der Waals surface area (Å²) in [4.78, 5) is 4.40. The number of rotatable bonds is 3. The third-order valence-corrected chi connectivity index (χ3v) is 2.54. The molecule has 1 N–H and O–H groups in total. The molecule has 0 atom stereocenters. The lowest BCUT2D eigenvalue weighted by molar-refractivity contribution is 0.299. The fraction of sp³-hybridized carbons (Fsp3) is 0.214. The largest absolute Gasteiger partial charge is 0.396 e. The van der Waals surface area contributed by atoms with Crippen molar-refractivity contribution in [3.8, 4) is 11.3 Å². The quantitative estimate of drug-likeness (QED) is 0.850. The number of aromatic nitrogens is 1. The van der Waals surface area contributed by atoms with Crippen molar-refractivity contribution in [3.05, 3.63) is 53.7 Å². The summed E-state index contributed by atoms with van der Waals surface area (Å²) >= 11 is 0. The predicted octanol–water partition coefficient (Wildman–Crippen LogP) is 2.59. The molecule has 0 unspecified atom stereocenters. The van der Waals surface area contributed by atoms with Crippen LogP contribution in [0.25, 0.3) is 11.3 Å². The molecule has 2 aromatic rings. The van der Waals surface area contributed by atoms with Crippen LogP contribution in [-0.4, -0.2) is 16.7 Å². The van der Waals surface area contributed by atoms with E-state index in [4.69, 9.17) is 5.11 Å². The van der Waals surface area contributed by atoms with Gasteiger partial charge in [-0.3, -0.25) is 4.98 Å². The van der Waals surface area contributed by atoms with Gasteiger partial charge in [0.15, 0.2) is 0 Å². The average molecular weight is 213 g/mol. The molecule has 0 bridgehead atoms. The fourth-order valence-electron chi connectivity index (χ4n) is 1.68. The molecule has 0 radical (unpaired) electrons. The third kappa shape index (κ3) is 2.47. The maximum Gasteiger partial charge on any atom is 0.0702 e. The van der Waals surface area contributed by atoms with Crippen molar-refractivity contribution in [1.82, 2.24) is 4.98 Å². The minimum absolute atomic E-state index is 0.172. The maximum atomic E-state index is 8.81. The van der Waals surface area contributed by atoms with Crippen LogP contribution in [0.3, 0.4) is 0 Å². The van der Waals surface area contributed by atoms with Crippen molar-refractivity contribution in [2.45, 2.75) is 13.3 Å². The number of nitrogens with zero attached hydrogens (tertiary/aromatic N) is 1. The van der Waals surface area contributed by atoms with Crippen molar-refractivity contribution < 1.29 is 5.11 Å². The molecule has 2 rings (SSSR count). The summed E-state index contributed by atoms with van der Waals surface area (Å²) in [7, 11) is 0. The molecule has 1 heterocycles. The SMILES string of the molecule is Cc1cccc(-c2ccc(CCO)cn2)c1. The lowest BCUT2D eigenvalue weighted by Gasteiger charge is -2.03. The van der Waals surface area contributed by atoms with Gasteiger partial charge < -0.3 is 5.11 Å². The van der Waals surface area contributed by atoms with Crippen LogP contribution in [0, 0.1) is 6.92 Å². The Morgan fingerprint density at radius 3 is 2.69 bits per heavy atom. The van der Waals surface area contributed by atoms with E-state index in [1.807, 2.05) is 24.4 Å². The molecule has 0 fully saturated rings. The Morgan fingerprint density at radius 1 is 1.19 bits per heavy atom. The highest BCUT2D eigenvalue weighted by Gasteiger charge is 1.99. The predicted molar refractivity (Wildman–Crippen MR) is 65.2 cm³/mol. The zero-order valence-electron chi connectivity index (χ0n) is 9.35. The molecule has 1 aromatic carbocycles. The molecule has 0 saturated carbocycles. The number of benzene rings is 1. The highest BCUT2D eigenvalue weighted by molar-refractivity contribution is 5.59. The van der Waals surface area contributed by atoms with E-state index >= 15 is 0 Å². The van der Waals surface area contributed by atoms with Gasteiger partial charge in [-0.15, -0.1) is 0 Å². The van der Waals surface area contributed by atoms with Crippen LogP contribution in [0.2, 0.25) is 0 Å². The van der Waals surface area contributed by atoms with Crippen molar-refractivity contribution in [3.63, 3.8) is 0 Å². The molecule has 1 aromatic heterocycles. The normalized spacial score (nSPS) is 10.4. The fourth-order valence-corrected chi connectivity index (χ4v) is 1.68. The van der Waals surface area contributed by atoms with Gasteiger partial charge in [0.2, 0.25) is 0 Å². The van der Waals surface area contributed by atoms with E-state index in [0.29, 0.717) is 6.42 Å². The molecule has 2 nitrogen and oxygen atoms in total. The molecule has 0 amide bonds. The van der Waals surface area contributed by atoms with E-state index in [2.05, 4.69) is 30.1 Å². The van der Waals surface area contributed by atoms with E-state index in [1.54, 1.807) is 0 Å². The van der Waals surface area contributed by atoms with E-state index in [0.717, 1.165) is 16.8 Å². The van der Waals surface area contributed by atoms with Gasteiger partial charge in [0.25, 0.3) is 0 Å². The third-order valence-electron chi connectivity index (χ3n) is 2.54. The monoisotopic (exact) mass is 213 g/mol. The highest BCUT2D eigenvalue weighted by Crippen LogP contribution is 2.18. The van der Waals surface area contributed by atoms with Crippen molar-refractivity contribution >= 4 is 0 Å². The molecule has 0 aliphatic rings. The minimum atomic E-state index is 0.172. The lowest BCUT2D eigenvalue weighted by atomic mass is 10.1. The molecule has 0 spiro atoms. The second-order valence-corrected chi connectivity index (χ2v) is 3.89. The summed E-state index contributed by atoms with van der Waals surface area (Å²) in [6, 6.07) is 12.3. The summed E-state index contributed by atoms with van der Waals surface area (Å²) in [5, 5.41) is 8.81. The Balaban J connectivity index is 2.27. The smallest absolute Gasteiger partial charge is 0.0702 e. The number of hydrogen-bond donors (Lipinski definition) is 1. The van der Waals surface area contributed by atoms with Gasteiger partial charge in [-0.2, -0.15) is 0 Å². The second kappa shape index (κ2) is 4.90. The van der Waals surface area contributed by atoms with Gasteiger partial charge in [-0.25, -0.2) is 0 Å². The molecule has 2 heteroatoms. The molecule has 0 aliphatic carbocycles. The number of aliphatic hydroxyl groups excluding tert-OH is 1. The Bertz CT molecular complexity index is 462. The lowest BCUT2D eigenvalue weighted by Crippen LogP contribution is -1.92. The highest BCUT2D eigenvalue weighted by atomic mass is 16.2. The van der Waals surface area contributed by atoms with Gasteiger partial charge in [0, 0.05) is 18.4 Å². The van der Waals surface area contributed by atoms with Gasteiger partial charge in [-0.05, 0) is 31.0 Å². The Hall–Kier alpha value is -1.67. The zero-order valence-corrected chi connectivity index (χ0v) is 9.35. The number of hydrogen-bond acceptors (Lipinski definition) is 2. The maximum absolute atomic E-state index is 8.81. The first-order valence-electron chi connectivity index (χ1n) is 5.42. The van der Waals surface area contributed by atoms with Crippen LogP contribution in [0.1, 0.15) is 11.1 Å². The van der Waals surface area contributed by atoms with E-state index in [9.17, 15) is 0 Å². The summed E-state index contributed by atoms with van der Waals surface area (Å²) in [5.41, 5.74) is 4.42. The summed E-state index contributed by atoms with van der Waals surface area (Å²) in [6.07, 6.45) is 2.50. The molecule has 0 saturated heterocycles. The first-order chi connectivity index (χ1) is 7.79. The van der Waals surface area contributed by atoms with Crippen LogP contribution in [0.4, 0.5) is 0 Å². The van der Waals surface area contributed by atoms with Crippen molar-refractivity contribution in [2.75, 3.05) is 6.61 Å². The topological polar surface area (TPSA) is 33.1 Å². The number of aryl methyl sites for hydroxylation is 1. The van der Waals surface area contributed by atoms with Gasteiger partial charge in [0.1, 0.15) is 0 Å². The average Bonchev–Trinajstić information content (AvgIpc) is 2.30. The van der Waals surface area contributed by atoms with Crippen molar-refractivity contribution in [1.29, 1.82) is 0 Å². The van der Waals surface area contributed by atoms with Gasteiger partial charge in [0.05, 0.1) is 5.69 Å². The van der Waals surface area contributed by atoms with Crippen LogP contribution in [0.15, 0.2) is 42.6 Å². The summed E-state index contributed by atoms with van der Waals surface area (Å²) in [6.45, 7) is 2.25. The van der Waals surface area contributed by atoms with E-state index in [-0.39, 0.29) is 6.61 Å². The number of pyridine rings is 1. The standard InChI is InChI=1S/C14H15NO/c1-11-3-2-4-13(9-11)14-6-5-12(7-8-16)10-15-14/h2-6,9-10,16H,7-8H2,1H3. The van der Waals surface area contributed by atoms with Crippen LogP contribution in [0.5, 0.6) is 0 Å². The zero-order chi connectivity index (χ0) is 11.4. The molecular weight excluding hydrogens is 198 g/mol. The molecule has 16 heavy (non-hydrogen) atoms. The van der Waals surface area contributed by atoms with Crippen LogP contribution >= 0.6 is 0 Å². The Labute approximate surface area is 95.6 Å². The molecule has 0 aliphatic heterocycles. The van der Waals surface area contributed by atoms with E-state index < -0.39 is 0 Å². The first kappa shape index (κ1) is 10.8. The summed E-state index contributed by atoms with van der Waals surface area (Å²) < 4.78 is 0. The molecular formula is C14H15NO.